The molecule has 0 fully saturated rings. The molecular weight excluding hydrogens is 568 g/mol. The Balaban J connectivity index is 0. The number of unbranched alkanes of at least 4 members (excludes halogenated alkanes) is 27. The predicted molar refractivity (Wildman–Crippen MR) is 178 cm³/mol. The van der Waals surface area contributed by atoms with Crippen LogP contribution in [0.4, 0.5) is 0 Å². The Morgan fingerprint density at radius 3 is 1.17 bits per heavy atom. The minimum atomic E-state index is -4.62. The van der Waals surface area contributed by atoms with E-state index in [0.29, 0.717) is 0 Å². The molecule has 0 aromatic carbocycles. The smallest absolute Gasteiger partial charge is 0.726 e. The third kappa shape index (κ3) is 39.3. The molecule has 0 amide bonds. The van der Waals surface area contributed by atoms with Crippen LogP contribution in [0.2, 0.25) is 0 Å². The van der Waals surface area contributed by atoms with Crippen molar-refractivity contribution < 1.29 is 68.5 Å². The van der Waals surface area contributed by atoms with E-state index >= 15 is 0 Å². The third-order valence-electron chi connectivity index (χ3n) is 8.49. The fourth-order valence-corrected chi connectivity index (χ4v) is 6.09. The maximum absolute atomic E-state index is 11.0. The summed E-state index contributed by atoms with van der Waals surface area (Å²) in [4.78, 5) is 0. The zero-order valence-corrected chi connectivity index (χ0v) is 32.6. The zero-order valence-electron chi connectivity index (χ0n) is 28.7. The van der Waals surface area contributed by atoms with Crippen LogP contribution in [0.25, 0.3) is 0 Å². The Morgan fingerprint density at radius 2 is 0.833 bits per heavy atom. The molecule has 0 bridgehead atoms. The van der Waals surface area contributed by atoms with Gasteiger partial charge in [-0.25, -0.2) is 8.42 Å². The maximum atomic E-state index is 11.0. The first-order valence-electron chi connectivity index (χ1n) is 18.3. The summed E-state index contributed by atoms with van der Waals surface area (Å²) >= 11 is 0. The summed E-state index contributed by atoms with van der Waals surface area (Å²) in [6.45, 7) is 4.53. The van der Waals surface area contributed by atoms with Gasteiger partial charge in [-0.3, -0.25) is 4.18 Å². The molecule has 1 unspecified atom stereocenters. The molecule has 0 aliphatic rings. The van der Waals surface area contributed by atoms with Gasteiger partial charge in [0.25, 0.3) is 0 Å². The Labute approximate surface area is 307 Å². The zero-order chi connectivity index (χ0) is 30.1. The normalized spacial score (nSPS) is 12.6. The first-order valence-corrected chi connectivity index (χ1v) is 19.6. The summed E-state index contributed by atoms with van der Waals surface area (Å²) in [5, 5.41) is 0. The van der Waals surface area contributed by atoms with E-state index in [2.05, 4.69) is 30.2 Å². The van der Waals surface area contributed by atoms with Crippen molar-refractivity contribution in [2.24, 2.45) is 5.92 Å². The van der Waals surface area contributed by atoms with Gasteiger partial charge in [0.2, 0.25) is 10.4 Å². The minimum Gasteiger partial charge on any atom is -0.726 e. The van der Waals surface area contributed by atoms with Gasteiger partial charge in [0.05, 0.1) is 6.61 Å². The molecule has 246 valence electrons. The van der Waals surface area contributed by atoms with Gasteiger partial charge < -0.3 is 4.55 Å². The summed E-state index contributed by atoms with van der Waals surface area (Å²) < 4.78 is 37.5. The molecule has 0 rings (SSSR count). The number of hydrogen-bond donors (Lipinski definition) is 0. The van der Waals surface area contributed by atoms with Gasteiger partial charge in [0.1, 0.15) is 0 Å². The second-order valence-corrected chi connectivity index (χ2v) is 13.7. The van der Waals surface area contributed by atoms with Crippen molar-refractivity contribution in [2.75, 3.05) is 6.61 Å². The molecule has 0 N–H and O–H groups in total. The molecule has 0 spiro atoms. The molecule has 0 radical (unpaired) electrons. The van der Waals surface area contributed by atoms with Crippen molar-refractivity contribution in [2.45, 2.75) is 206 Å². The van der Waals surface area contributed by atoms with Crippen molar-refractivity contribution in [3.8, 4) is 0 Å². The number of hydrogen-bond acceptors (Lipinski definition) is 4. The maximum Gasteiger partial charge on any atom is 1.00 e. The van der Waals surface area contributed by atoms with Crippen molar-refractivity contribution in [3.63, 3.8) is 0 Å². The summed E-state index contributed by atoms with van der Waals surface area (Å²) in [5.74, 6) is 0.0166. The molecule has 0 aliphatic carbocycles. The molecule has 1 atom stereocenters. The number of rotatable bonds is 34. The summed E-state index contributed by atoms with van der Waals surface area (Å²) in [6.07, 6.45) is 43.9. The second-order valence-electron chi connectivity index (χ2n) is 12.7. The van der Waals surface area contributed by atoms with Gasteiger partial charge >= 0.3 is 51.4 Å². The number of allylic oxidation sites excluding steroid dienone is 1. The monoisotopic (exact) mass is 638 g/mol. The predicted octanol–water partition coefficient (Wildman–Crippen LogP) is 9.38. The quantitative estimate of drug-likeness (QED) is 0.0232. The molecule has 0 heterocycles. The van der Waals surface area contributed by atoms with Crippen molar-refractivity contribution in [3.05, 3.63) is 12.2 Å². The Morgan fingerprint density at radius 1 is 0.524 bits per heavy atom. The fourth-order valence-electron chi connectivity index (χ4n) is 5.75. The van der Waals surface area contributed by atoms with E-state index in [1.54, 1.807) is 0 Å². The van der Waals surface area contributed by atoms with Gasteiger partial charge in [0, 0.05) is 5.92 Å². The Hall–Kier alpha value is 1.25. The topological polar surface area (TPSA) is 66.4 Å². The van der Waals surface area contributed by atoms with Crippen LogP contribution in [0, 0.1) is 5.92 Å². The Bertz CT molecular complexity index is 638. The first kappa shape index (κ1) is 45.4. The van der Waals surface area contributed by atoms with Crippen LogP contribution in [0.3, 0.4) is 0 Å². The standard InChI is InChI=1S/C36H72O4S.K/c1-3-5-7-9-11-13-15-17-18-19-20-21-22-24-26-28-30-32-34-36(35-40-41(37,38)39)33-31-29-27-25-23-16-14-12-10-8-6-4-2;/h31,33,36H,3-30,32,34-35H2,1-2H3,(H,37,38,39);/q;+1/p-1/b33-31+;. The van der Waals surface area contributed by atoms with Crippen LogP contribution in [-0.2, 0) is 14.6 Å². The molecule has 6 heteroatoms. The largest absolute Gasteiger partial charge is 1.00 e. The van der Waals surface area contributed by atoms with Gasteiger partial charge in [-0.15, -0.1) is 0 Å². The molecule has 0 aromatic heterocycles. The van der Waals surface area contributed by atoms with E-state index in [4.69, 9.17) is 0 Å². The van der Waals surface area contributed by atoms with E-state index in [-0.39, 0.29) is 63.9 Å². The molecule has 0 saturated heterocycles. The van der Waals surface area contributed by atoms with Crippen LogP contribution in [0.1, 0.15) is 206 Å². The van der Waals surface area contributed by atoms with E-state index in [0.717, 1.165) is 19.3 Å². The van der Waals surface area contributed by atoms with Crippen LogP contribution in [-0.4, -0.2) is 19.6 Å². The summed E-state index contributed by atoms with van der Waals surface area (Å²) in [6, 6.07) is 0. The van der Waals surface area contributed by atoms with Crippen molar-refractivity contribution >= 4 is 10.4 Å². The minimum absolute atomic E-state index is 0. The van der Waals surface area contributed by atoms with Crippen LogP contribution < -0.4 is 51.4 Å². The molecule has 0 saturated carbocycles. The summed E-state index contributed by atoms with van der Waals surface area (Å²) in [5.41, 5.74) is 0. The Kier molecular flexibility index (Phi) is 39.7. The van der Waals surface area contributed by atoms with Crippen LogP contribution >= 0.6 is 0 Å². The third-order valence-corrected chi connectivity index (χ3v) is 8.91. The molecule has 0 aromatic rings. The molecule has 4 nitrogen and oxygen atoms in total. The first-order chi connectivity index (χ1) is 20.0. The average molecular weight is 639 g/mol. The van der Waals surface area contributed by atoms with Gasteiger partial charge in [-0.1, -0.05) is 199 Å². The fraction of sp³-hybridized carbons (Fsp3) is 0.944. The van der Waals surface area contributed by atoms with Crippen LogP contribution in [0.15, 0.2) is 12.2 Å². The average Bonchev–Trinajstić information content (AvgIpc) is 2.94. The summed E-state index contributed by atoms with van der Waals surface area (Å²) in [7, 11) is -4.62. The van der Waals surface area contributed by atoms with E-state index < -0.39 is 10.4 Å². The molecular formula is C36H71KO4S. The van der Waals surface area contributed by atoms with Crippen molar-refractivity contribution in [1.82, 2.24) is 0 Å². The van der Waals surface area contributed by atoms with Gasteiger partial charge in [-0.2, -0.15) is 0 Å². The van der Waals surface area contributed by atoms with Crippen LogP contribution in [0.5, 0.6) is 0 Å². The molecule has 42 heavy (non-hydrogen) atoms. The van der Waals surface area contributed by atoms with E-state index in [1.807, 2.05) is 0 Å². The van der Waals surface area contributed by atoms with Gasteiger partial charge in [0.15, 0.2) is 0 Å². The SMILES string of the molecule is CCCCCCCCCCCC/C=C/C(CCCCCCCCCCCCCCCCCCCC)COS(=O)(=O)[O-].[K+]. The van der Waals surface area contributed by atoms with Gasteiger partial charge in [-0.05, 0) is 19.3 Å². The van der Waals surface area contributed by atoms with Crippen molar-refractivity contribution in [1.29, 1.82) is 0 Å². The second kappa shape index (κ2) is 36.7. The van der Waals surface area contributed by atoms with E-state index in [1.165, 1.54) is 173 Å². The molecule has 0 aliphatic heterocycles. The van der Waals surface area contributed by atoms with E-state index in [9.17, 15) is 13.0 Å².